The maximum atomic E-state index is 13.3. The summed E-state index contributed by atoms with van der Waals surface area (Å²) >= 11 is 0. The highest BCUT2D eigenvalue weighted by Crippen LogP contribution is 2.21. The number of amides is 1. The molecule has 1 N–H and O–H groups in total. The van der Waals surface area contributed by atoms with Gasteiger partial charge in [0.1, 0.15) is 6.73 Å². The molecule has 0 bridgehead atoms. The predicted molar refractivity (Wildman–Crippen MR) is 129 cm³/mol. The zero-order chi connectivity index (χ0) is 22.9. The molecule has 1 rings (SSSR count). The first-order valence-corrected chi connectivity index (χ1v) is 14.9. The van der Waals surface area contributed by atoms with E-state index < -0.39 is 14.0 Å². The average Bonchev–Trinajstić information content (AvgIpc) is 2.67. The molecule has 170 valence electrons. The average molecular weight is 435 g/mol. The lowest BCUT2D eigenvalue weighted by Gasteiger charge is -2.27. The number of nitrogens with zero attached hydrogens (tertiary/aromatic N) is 1. The summed E-state index contributed by atoms with van der Waals surface area (Å²) in [6.07, 6.45) is 1.17. The molecule has 0 aliphatic rings. The van der Waals surface area contributed by atoms with Gasteiger partial charge in [-0.1, -0.05) is 59.5 Å². The summed E-state index contributed by atoms with van der Waals surface area (Å²) in [6, 6.07) is 8.85. The Kier molecular flexibility index (Phi) is 10.9. The van der Waals surface area contributed by atoms with Crippen molar-refractivity contribution in [2.45, 2.75) is 72.3 Å². The van der Waals surface area contributed by atoms with Gasteiger partial charge in [0.05, 0.1) is 6.04 Å². The van der Waals surface area contributed by atoms with Crippen molar-refractivity contribution < 1.29 is 14.3 Å². The summed E-state index contributed by atoms with van der Waals surface area (Å²) in [4.78, 5) is 27.7. The SMILES string of the molecule is CCc1ccc(N(COCC[Si](C)(C)C)C(=O)[C@H](C)CC(=O)[C@@H](NC)C(C)C)cc1. The number of ketones is 1. The van der Waals surface area contributed by atoms with Crippen molar-refractivity contribution in [3.8, 4) is 0 Å². The van der Waals surface area contributed by atoms with Gasteiger partial charge < -0.3 is 10.1 Å². The molecule has 0 heterocycles. The number of aryl methyl sites for hydroxylation is 1. The van der Waals surface area contributed by atoms with Crippen LogP contribution in [-0.4, -0.2) is 46.2 Å². The number of benzene rings is 1. The molecule has 0 radical (unpaired) electrons. The fourth-order valence-corrected chi connectivity index (χ4v) is 4.12. The fraction of sp³-hybridized carbons (Fsp3) is 0.667. The molecule has 1 aromatic rings. The van der Waals surface area contributed by atoms with Gasteiger partial charge in [-0.3, -0.25) is 14.5 Å². The molecule has 0 aliphatic carbocycles. The molecule has 0 aliphatic heterocycles. The quantitative estimate of drug-likeness (QED) is 0.277. The Bertz CT molecular complexity index is 668. The molecular formula is C24H42N2O3Si. The lowest BCUT2D eigenvalue weighted by molar-refractivity contribution is -0.129. The zero-order valence-electron chi connectivity index (χ0n) is 20.2. The molecule has 1 aromatic carbocycles. The van der Waals surface area contributed by atoms with E-state index in [0.717, 1.165) is 18.2 Å². The zero-order valence-corrected chi connectivity index (χ0v) is 21.2. The Balaban J connectivity index is 2.92. The topological polar surface area (TPSA) is 58.6 Å². The normalized spacial score (nSPS) is 13.9. The molecule has 0 saturated carbocycles. The number of Topliss-reactive ketones (excluding diaryl/α,β-unsaturated/α-hetero) is 1. The predicted octanol–water partition coefficient (Wildman–Crippen LogP) is 4.73. The maximum absolute atomic E-state index is 13.3. The van der Waals surface area contributed by atoms with E-state index in [4.69, 9.17) is 4.74 Å². The van der Waals surface area contributed by atoms with Crippen LogP contribution < -0.4 is 10.2 Å². The van der Waals surface area contributed by atoms with Gasteiger partial charge in [-0.25, -0.2) is 0 Å². The number of carbonyl (C=O) groups excluding carboxylic acids is 2. The highest BCUT2D eigenvalue weighted by atomic mass is 28.3. The molecule has 30 heavy (non-hydrogen) atoms. The van der Waals surface area contributed by atoms with Crippen molar-refractivity contribution in [2.75, 3.05) is 25.3 Å². The van der Waals surface area contributed by atoms with Gasteiger partial charge in [0, 0.05) is 32.7 Å². The van der Waals surface area contributed by atoms with Crippen molar-refractivity contribution in [2.24, 2.45) is 11.8 Å². The van der Waals surface area contributed by atoms with Gasteiger partial charge in [-0.15, -0.1) is 0 Å². The molecule has 0 fully saturated rings. The van der Waals surface area contributed by atoms with E-state index >= 15 is 0 Å². The minimum atomic E-state index is -1.20. The van der Waals surface area contributed by atoms with Crippen LogP contribution >= 0.6 is 0 Å². The molecule has 0 saturated heterocycles. The summed E-state index contributed by atoms with van der Waals surface area (Å²) in [7, 11) is 0.595. The van der Waals surface area contributed by atoms with Crippen LogP contribution in [0.3, 0.4) is 0 Å². The second-order valence-corrected chi connectivity index (χ2v) is 15.3. The number of carbonyl (C=O) groups is 2. The Morgan fingerprint density at radius 1 is 1.10 bits per heavy atom. The second-order valence-electron chi connectivity index (χ2n) is 9.72. The first-order chi connectivity index (χ1) is 14.0. The number of anilines is 1. The lowest BCUT2D eigenvalue weighted by Crippen LogP contribution is -2.42. The molecule has 5 nitrogen and oxygen atoms in total. The molecule has 0 aromatic heterocycles. The van der Waals surface area contributed by atoms with Crippen molar-refractivity contribution in [3.05, 3.63) is 29.8 Å². The molecule has 2 atom stereocenters. The summed E-state index contributed by atoms with van der Waals surface area (Å²) < 4.78 is 5.91. The van der Waals surface area contributed by atoms with Crippen LogP contribution in [0, 0.1) is 11.8 Å². The third-order valence-corrected chi connectivity index (χ3v) is 7.10. The first-order valence-electron chi connectivity index (χ1n) is 11.2. The van der Waals surface area contributed by atoms with Crippen LogP contribution in [0.2, 0.25) is 25.7 Å². The molecule has 0 spiro atoms. The molecular weight excluding hydrogens is 392 g/mol. The van der Waals surface area contributed by atoms with Gasteiger partial charge in [0.2, 0.25) is 5.91 Å². The van der Waals surface area contributed by atoms with Gasteiger partial charge >= 0.3 is 0 Å². The van der Waals surface area contributed by atoms with E-state index in [2.05, 4.69) is 31.9 Å². The number of hydrogen-bond donors (Lipinski definition) is 1. The Morgan fingerprint density at radius 2 is 1.70 bits per heavy atom. The fourth-order valence-electron chi connectivity index (χ4n) is 3.36. The molecule has 6 heteroatoms. The highest BCUT2D eigenvalue weighted by molar-refractivity contribution is 6.76. The maximum Gasteiger partial charge on any atom is 0.232 e. The summed E-state index contributed by atoms with van der Waals surface area (Å²) in [5.41, 5.74) is 2.04. The van der Waals surface area contributed by atoms with Crippen molar-refractivity contribution >= 4 is 25.5 Å². The lowest BCUT2D eigenvalue weighted by atomic mass is 9.93. The third-order valence-electron chi connectivity index (χ3n) is 5.39. The minimum Gasteiger partial charge on any atom is -0.361 e. The smallest absolute Gasteiger partial charge is 0.232 e. The number of nitrogens with one attached hydrogen (secondary N) is 1. The number of ether oxygens (including phenoxy) is 1. The van der Waals surface area contributed by atoms with Crippen LogP contribution in [0.15, 0.2) is 24.3 Å². The molecule has 1 amide bonds. The Morgan fingerprint density at radius 3 is 2.17 bits per heavy atom. The second kappa shape index (κ2) is 12.4. The van der Waals surface area contributed by atoms with Crippen molar-refractivity contribution in [3.63, 3.8) is 0 Å². The van der Waals surface area contributed by atoms with E-state index in [1.807, 2.05) is 45.0 Å². The standard InChI is InChI=1S/C24H42N2O3Si/c1-9-20-10-12-21(13-11-20)26(17-29-14-15-30(6,7)8)24(28)19(4)16-22(27)23(25-5)18(2)3/h10-13,18-19,23,25H,9,14-17H2,1-8H3/t19-,23+/m1/s1. The highest BCUT2D eigenvalue weighted by Gasteiger charge is 2.28. The van der Waals surface area contributed by atoms with E-state index in [9.17, 15) is 9.59 Å². The number of likely N-dealkylation sites (N-methyl/N-ethyl adjacent to an activating group) is 1. The third kappa shape index (κ3) is 8.70. The van der Waals surface area contributed by atoms with Crippen LogP contribution in [0.5, 0.6) is 0 Å². The first kappa shape index (κ1) is 26.5. The largest absolute Gasteiger partial charge is 0.361 e. The minimum absolute atomic E-state index is 0.0702. The monoisotopic (exact) mass is 434 g/mol. The van der Waals surface area contributed by atoms with E-state index in [-0.39, 0.29) is 36.8 Å². The van der Waals surface area contributed by atoms with Crippen molar-refractivity contribution in [1.29, 1.82) is 0 Å². The van der Waals surface area contributed by atoms with Crippen molar-refractivity contribution in [1.82, 2.24) is 5.32 Å². The molecule has 0 unspecified atom stereocenters. The van der Waals surface area contributed by atoms with E-state index in [1.165, 1.54) is 5.56 Å². The van der Waals surface area contributed by atoms with Gasteiger partial charge in [-0.2, -0.15) is 0 Å². The van der Waals surface area contributed by atoms with Crippen LogP contribution in [0.1, 0.15) is 39.7 Å². The number of hydrogen-bond acceptors (Lipinski definition) is 4. The number of rotatable bonds is 13. The van der Waals surface area contributed by atoms with Gasteiger partial charge in [0.25, 0.3) is 0 Å². The van der Waals surface area contributed by atoms with Crippen LogP contribution in [-0.2, 0) is 20.7 Å². The Labute approximate surface area is 184 Å². The van der Waals surface area contributed by atoms with Crippen LogP contribution in [0.25, 0.3) is 0 Å². The summed E-state index contributed by atoms with van der Waals surface area (Å²) in [5.74, 6) is -0.209. The van der Waals surface area contributed by atoms with Gasteiger partial charge in [0.15, 0.2) is 5.78 Å². The summed E-state index contributed by atoms with van der Waals surface area (Å²) in [6.45, 7) is 15.8. The Hall–Kier alpha value is -1.50. The van der Waals surface area contributed by atoms with Gasteiger partial charge in [-0.05, 0) is 43.1 Å². The van der Waals surface area contributed by atoms with E-state index in [1.54, 1.807) is 11.9 Å². The summed E-state index contributed by atoms with van der Waals surface area (Å²) in [5, 5.41) is 3.08. The van der Waals surface area contributed by atoms with Crippen LogP contribution in [0.4, 0.5) is 5.69 Å². The van der Waals surface area contributed by atoms with E-state index in [0.29, 0.717) is 6.61 Å².